The number of hydrogen-bond donors (Lipinski definition) is 1. The van der Waals surface area contributed by atoms with E-state index in [9.17, 15) is 18.0 Å². The molecule has 2 aromatic heterocycles. The topological polar surface area (TPSA) is 59.8 Å². The van der Waals surface area contributed by atoms with Crippen molar-refractivity contribution in [1.29, 1.82) is 0 Å². The van der Waals surface area contributed by atoms with E-state index >= 15 is 0 Å². The monoisotopic (exact) mass is 410 g/mol. The van der Waals surface area contributed by atoms with Gasteiger partial charge in [-0.1, -0.05) is 11.6 Å². The van der Waals surface area contributed by atoms with Crippen LogP contribution in [0.5, 0.6) is 0 Å². The fourth-order valence-corrected chi connectivity index (χ4v) is 2.31. The van der Waals surface area contributed by atoms with Crippen LogP contribution < -0.4 is 5.32 Å². The maximum atomic E-state index is 12.8. The van der Waals surface area contributed by atoms with E-state index in [2.05, 4.69) is 31.3 Å². The number of amides is 1. The van der Waals surface area contributed by atoms with E-state index in [-0.39, 0.29) is 11.5 Å². The van der Waals surface area contributed by atoms with Crippen LogP contribution in [0, 0.1) is 6.92 Å². The maximum Gasteiger partial charge on any atom is 0.436 e. The van der Waals surface area contributed by atoms with Crippen LogP contribution in [0.2, 0.25) is 5.02 Å². The highest BCUT2D eigenvalue weighted by Gasteiger charge is 2.39. The summed E-state index contributed by atoms with van der Waals surface area (Å²) in [5.74, 6) is -0.284. The van der Waals surface area contributed by atoms with E-state index in [0.717, 1.165) is 9.15 Å². The Kier molecular flexibility index (Phi) is 5.00. The lowest BCUT2D eigenvalue weighted by atomic mass is 10.3. The summed E-state index contributed by atoms with van der Waals surface area (Å²) in [5.41, 5.74) is -1.15. The van der Waals surface area contributed by atoms with Crippen LogP contribution in [-0.4, -0.2) is 20.7 Å². The van der Waals surface area contributed by atoms with Gasteiger partial charge in [0, 0.05) is 10.7 Å². The molecule has 0 aromatic carbocycles. The van der Waals surface area contributed by atoms with Crippen LogP contribution in [0.15, 0.2) is 22.8 Å². The number of halogens is 5. The van der Waals surface area contributed by atoms with Crippen LogP contribution in [0.3, 0.4) is 0 Å². The molecule has 2 rings (SSSR count). The number of carbonyl (C=O) groups excluding carboxylic acids is 1. The second-order valence-corrected chi connectivity index (χ2v) is 6.01. The molecule has 2 heterocycles. The normalized spacial score (nSPS) is 13.0. The van der Waals surface area contributed by atoms with Gasteiger partial charge in [0.2, 0.25) is 5.91 Å². The fraction of sp³-hybridized carbons (Fsp3) is 0.308. The van der Waals surface area contributed by atoms with Crippen molar-refractivity contribution in [2.45, 2.75) is 26.1 Å². The van der Waals surface area contributed by atoms with Crippen LogP contribution in [-0.2, 0) is 11.0 Å². The molecule has 1 unspecified atom stereocenters. The summed E-state index contributed by atoms with van der Waals surface area (Å²) in [6.45, 7) is 2.79. The zero-order chi connectivity index (χ0) is 17.4. The minimum atomic E-state index is -4.68. The molecule has 124 valence electrons. The summed E-state index contributed by atoms with van der Waals surface area (Å²) in [6, 6.07) is 2.23. The molecule has 1 atom stereocenters. The highest BCUT2D eigenvalue weighted by atomic mass is 79.9. The number of anilines is 1. The van der Waals surface area contributed by atoms with Crippen molar-refractivity contribution in [2.75, 3.05) is 5.32 Å². The quantitative estimate of drug-likeness (QED) is 0.823. The van der Waals surface area contributed by atoms with E-state index in [4.69, 9.17) is 11.6 Å². The summed E-state index contributed by atoms with van der Waals surface area (Å²) in [7, 11) is 0. The van der Waals surface area contributed by atoms with Crippen LogP contribution in [0.4, 0.5) is 19.0 Å². The molecule has 0 radical (unpaired) electrons. The maximum absolute atomic E-state index is 12.8. The lowest BCUT2D eigenvalue weighted by Crippen LogP contribution is -2.26. The van der Waals surface area contributed by atoms with Gasteiger partial charge in [0.1, 0.15) is 11.9 Å². The molecule has 10 heteroatoms. The van der Waals surface area contributed by atoms with Crippen molar-refractivity contribution in [3.05, 3.63) is 39.2 Å². The molecule has 0 spiro atoms. The van der Waals surface area contributed by atoms with Crippen LogP contribution in [0.1, 0.15) is 24.4 Å². The third-order valence-electron chi connectivity index (χ3n) is 3.07. The number of carbonyl (C=O) groups is 1. The van der Waals surface area contributed by atoms with Crippen molar-refractivity contribution in [1.82, 2.24) is 14.8 Å². The largest absolute Gasteiger partial charge is 0.436 e. The van der Waals surface area contributed by atoms with E-state index in [1.54, 1.807) is 12.1 Å². The Labute approximate surface area is 143 Å². The van der Waals surface area contributed by atoms with E-state index < -0.39 is 28.8 Å². The van der Waals surface area contributed by atoms with Gasteiger partial charge in [-0.2, -0.15) is 18.3 Å². The summed E-state index contributed by atoms with van der Waals surface area (Å²) < 4.78 is 40.1. The first kappa shape index (κ1) is 17.7. The second-order valence-electron chi connectivity index (χ2n) is 4.72. The standard InChI is InChI=1S/C13H11BrClF3N4O/c1-6-10(15)11(13(16,17)18)21-22(6)7(2)12(23)20-9-4-3-8(14)5-19-9/h3-5,7H,1-2H3,(H,19,20,23). The predicted octanol–water partition coefficient (Wildman–Crippen LogP) is 4.22. The number of nitrogens with one attached hydrogen (secondary N) is 1. The zero-order valence-electron chi connectivity index (χ0n) is 11.9. The Morgan fingerprint density at radius 1 is 1.43 bits per heavy atom. The third kappa shape index (κ3) is 3.84. The molecule has 0 aliphatic rings. The van der Waals surface area contributed by atoms with Crippen LogP contribution in [0.25, 0.3) is 0 Å². The van der Waals surface area contributed by atoms with Gasteiger partial charge >= 0.3 is 6.18 Å². The molecule has 0 aliphatic carbocycles. The Balaban J connectivity index is 2.24. The second kappa shape index (κ2) is 6.48. The smallest absolute Gasteiger partial charge is 0.309 e. The van der Waals surface area contributed by atoms with Gasteiger partial charge in [0.15, 0.2) is 5.69 Å². The first-order valence-electron chi connectivity index (χ1n) is 6.35. The highest BCUT2D eigenvalue weighted by Crippen LogP contribution is 2.36. The van der Waals surface area contributed by atoms with E-state index in [1.165, 1.54) is 20.0 Å². The van der Waals surface area contributed by atoms with Gasteiger partial charge in [-0.25, -0.2) is 4.98 Å². The minimum absolute atomic E-state index is 0.0606. The first-order valence-corrected chi connectivity index (χ1v) is 7.52. The van der Waals surface area contributed by atoms with Gasteiger partial charge in [0.25, 0.3) is 0 Å². The number of pyridine rings is 1. The summed E-state index contributed by atoms with van der Waals surface area (Å²) in [4.78, 5) is 16.1. The Hall–Kier alpha value is -1.61. The lowest BCUT2D eigenvalue weighted by molar-refractivity contribution is -0.141. The molecule has 0 saturated carbocycles. The molecule has 1 N–H and O–H groups in total. The van der Waals surface area contributed by atoms with E-state index in [0.29, 0.717) is 0 Å². The van der Waals surface area contributed by atoms with Crippen molar-refractivity contribution in [3.8, 4) is 0 Å². The van der Waals surface area contributed by atoms with Gasteiger partial charge in [-0.05, 0) is 41.9 Å². The van der Waals surface area contributed by atoms with Crippen molar-refractivity contribution in [3.63, 3.8) is 0 Å². The van der Waals surface area contributed by atoms with E-state index in [1.807, 2.05) is 0 Å². The molecule has 2 aromatic rings. The molecule has 1 amide bonds. The molecule has 5 nitrogen and oxygen atoms in total. The SMILES string of the molecule is Cc1c(Cl)c(C(F)(F)F)nn1C(C)C(=O)Nc1ccc(Br)cn1. The molecule has 0 fully saturated rings. The molecule has 23 heavy (non-hydrogen) atoms. The van der Waals surface area contributed by atoms with Gasteiger partial charge in [-0.15, -0.1) is 0 Å². The Morgan fingerprint density at radius 2 is 2.09 bits per heavy atom. The molecular formula is C13H11BrClF3N4O. The predicted molar refractivity (Wildman–Crippen MR) is 82.3 cm³/mol. The third-order valence-corrected chi connectivity index (χ3v) is 3.99. The summed E-state index contributed by atoms with van der Waals surface area (Å²) in [6.07, 6.45) is -3.20. The molecule has 0 bridgehead atoms. The Bertz CT molecular complexity index is 730. The number of rotatable bonds is 3. The van der Waals surface area contributed by atoms with Gasteiger partial charge < -0.3 is 5.32 Å². The van der Waals surface area contributed by atoms with Crippen molar-refractivity contribution < 1.29 is 18.0 Å². The molecule has 0 aliphatic heterocycles. The number of alkyl halides is 3. The zero-order valence-corrected chi connectivity index (χ0v) is 14.3. The van der Waals surface area contributed by atoms with Gasteiger partial charge in [-0.3, -0.25) is 9.48 Å². The average molecular weight is 412 g/mol. The number of hydrogen-bond acceptors (Lipinski definition) is 3. The lowest BCUT2D eigenvalue weighted by Gasteiger charge is -2.14. The van der Waals surface area contributed by atoms with Crippen molar-refractivity contribution in [2.24, 2.45) is 0 Å². The summed E-state index contributed by atoms with van der Waals surface area (Å²) >= 11 is 8.88. The summed E-state index contributed by atoms with van der Waals surface area (Å²) in [5, 5.41) is 5.42. The number of aromatic nitrogens is 3. The highest BCUT2D eigenvalue weighted by molar-refractivity contribution is 9.10. The number of nitrogens with zero attached hydrogens (tertiary/aromatic N) is 3. The van der Waals surface area contributed by atoms with Gasteiger partial charge in [0.05, 0.1) is 10.7 Å². The first-order chi connectivity index (χ1) is 10.6. The van der Waals surface area contributed by atoms with Crippen LogP contribution >= 0.6 is 27.5 Å². The minimum Gasteiger partial charge on any atom is -0.309 e. The fourth-order valence-electron chi connectivity index (χ4n) is 1.85. The molecular weight excluding hydrogens is 401 g/mol. The van der Waals surface area contributed by atoms with Crippen molar-refractivity contribution >= 4 is 39.3 Å². The average Bonchev–Trinajstić information content (AvgIpc) is 2.77. The molecule has 0 saturated heterocycles. The Morgan fingerprint density at radius 3 is 2.57 bits per heavy atom.